The second kappa shape index (κ2) is 6.64. The number of likely N-dealkylation sites (N-methyl/N-ethyl adjacent to an activating group) is 1. The lowest BCUT2D eigenvalue weighted by atomic mass is 10.2. The Labute approximate surface area is 150 Å². The van der Waals surface area contributed by atoms with Crippen molar-refractivity contribution in [2.45, 2.75) is 6.92 Å². The molecule has 1 fully saturated rings. The predicted octanol–water partition coefficient (Wildman–Crippen LogP) is 4.04. The summed E-state index contributed by atoms with van der Waals surface area (Å²) in [6.45, 7) is 2.76. The van der Waals surface area contributed by atoms with Crippen LogP contribution in [0.25, 0.3) is 6.08 Å². The zero-order valence-corrected chi connectivity index (χ0v) is 14.5. The van der Waals surface area contributed by atoms with E-state index in [9.17, 15) is 4.79 Å². The van der Waals surface area contributed by atoms with Gasteiger partial charge in [0.05, 0.1) is 10.6 Å². The highest BCUT2D eigenvalue weighted by Crippen LogP contribution is 2.36. The number of amidine groups is 1. The van der Waals surface area contributed by atoms with Crippen LogP contribution in [0.5, 0.6) is 11.5 Å². The van der Waals surface area contributed by atoms with Crippen LogP contribution in [0.1, 0.15) is 12.5 Å². The number of thioether (sulfide) groups is 1. The molecule has 0 atom stereocenters. The Hall–Kier alpha value is -2.73. The van der Waals surface area contributed by atoms with Gasteiger partial charge in [-0.15, -0.1) is 0 Å². The third kappa shape index (κ3) is 3.13. The second-order valence-corrected chi connectivity index (χ2v) is 6.51. The molecule has 5 nitrogen and oxygen atoms in total. The van der Waals surface area contributed by atoms with Crippen LogP contribution < -0.4 is 9.47 Å². The third-order valence-corrected chi connectivity index (χ3v) is 4.89. The topological polar surface area (TPSA) is 51.1 Å². The minimum atomic E-state index is -0.0279. The molecule has 4 rings (SSSR count). The van der Waals surface area contributed by atoms with E-state index in [0.717, 1.165) is 17.0 Å². The van der Waals surface area contributed by atoms with Crippen molar-refractivity contribution in [3.63, 3.8) is 0 Å². The summed E-state index contributed by atoms with van der Waals surface area (Å²) < 4.78 is 10.7. The maximum atomic E-state index is 12.7. The molecule has 0 saturated carbocycles. The quantitative estimate of drug-likeness (QED) is 0.783. The van der Waals surface area contributed by atoms with Crippen LogP contribution >= 0.6 is 11.8 Å². The van der Waals surface area contributed by atoms with E-state index in [1.165, 1.54) is 11.8 Å². The van der Waals surface area contributed by atoms with E-state index in [4.69, 9.17) is 9.47 Å². The number of carbonyl (C=O) groups excluding carboxylic acids is 1. The Bertz CT molecular complexity index is 877. The zero-order valence-electron chi connectivity index (χ0n) is 13.6. The van der Waals surface area contributed by atoms with Crippen LogP contribution in [0.4, 0.5) is 5.69 Å². The molecule has 0 N–H and O–H groups in total. The Morgan fingerprint density at radius 1 is 1.16 bits per heavy atom. The maximum absolute atomic E-state index is 12.7. The molecular formula is C19H16N2O3S. The van der Waals surface area contributed by atoms with E-state index in [-0.39, 0.29) is 12.7 Å². The molecule has 0 radical (unpaired) electrons. The molecule has 0 spiro atoms. The summed E-state index contributed by atoms with van der Waals surface area (Å²) in [6.07, 6.45) is 1.87. The van der Waals surface area contributed by atoms with Gasteiger partial charge in [-0.1, -0.05) is 24.3 Å². The van der Waals surface area contributed by atoms with E-state index in [0.29, 0.717) is 22.4 Å². The predicted molar refractivity (Wildman–Crippen MR) is 99.1 cm³/mol. The van der Waals surface area contributed by atoms with E-state index in [1.807, 2.05) is 61.5 Å². The van der Waals surface area contributed by atoms with Gasteiger partial charge in [-0.05, 0) is 54.6 Å². The highest BCUT2D eigenvalue weighted by atomic mass is 32.2. The minimum absolute atomic E-state index is 0.0279. The van der Waals surface area contributed by atoms with Crippen LogP contribution in [0.15, 0.2) is 58.4 Å². The molecule has 2 aromatic carbocycles. The first-order valence-electron chi connectivity index (χ1n) is 7.99. The summed E-state index contributed by atoms with van der Waals surface area (Å²) in [4.78, 5) is 19.6. The van der Waals surface area contributed by atoms with Gasteiger partial charge in [0.15, 0.2) is 16.7 Å². The molecule has 6 heteroatoms. The van der Waals surface area contributed by atoms with Gasteiger partial charge in [0.25, 0.3) is 5.91 Å². The van der Waals surface area contributed by atoms with Crippen LogP contribution in [0.3, 0.4) is 0 Å². The molecule has 126 valence electrons. The Balaban J connectivity index is 1.65. The fourth-order valence-corrected chi connectivity index (χ4v) is 3.70. The molecule has 2 aromatic rings. The average Bonchev–Trinajstić information content (AvgIpc) is 3.20. The fraction of sp³-hybridized carbons (Fsp3) is 0.158. The number of carbonyl (C=O) groups is 1. The molecule has 0 aromatic heterocycles. The molecule has 2 aliphatic heterocycles. The van der Waals surface area contributed by atoms with Crippen molar-refractivity contribution in [3.8, 4) is 11.5 Å². The summed E-state index contributed by atoms with van der Waals surface area (Å²) in [5.41, 5.74) is 1.73. The number of ether oxygens (including phenoxy) is 2. The normalized spacial score (nSPS) is 19.2. The van der Waals surface area contributed by atoms with Crippen molar-refractivity contribution >= 4 is 34.6 Å². The average molecular weight is 352 g/mol. The number of nitrogens with zero attached hydrogens (tertiary/aromatic N) is 2. The summed E-state index contributed by atoms with van der Waals surface area (Å²) in [5, 5.41) is 0.700. The highest BCUT2D eigenvalue weighted by Gasteiger charge is 2.32. The number of amides is 1. The van der Waals surface area contributed by atoms with Gasteiger partial charge in [0.1, 0.15) is 0 Å². The number of rotatable bonds is 3. The first-order chi connectivity index (χ1) is 12.2. The lowest BCUT2D eigenvalue weighted by Crippen LogP contribution is -2.28. The van der Waals surface area contributed by atoms with Crippen LogP contribution in [0.2, 0.25) is 0 Å². The summed E-state index contributed by atoms with van der Waals surface area (Å²) >= 11 is 1.39. The van der Waals surface area contributed by atoms with Crippen molar-refractivity contribution in [2.24, 2.45) is 4.99 Å². The summed E-state index contributed by atoms with van der Waals surface area (Å²) in [7, 11) is 0. The number of hydrogen-bond acceptors (Lipinski definition) is 5. The smallest absolute Gasteiger partial charge is 0.266 e. The monoisotopic (exact) mass is 352 g/mol. The van der Waals surface area contributed by atoms with Gasteiger partial charge in [-0.25, -0.2) is 4.99 Å². The summed E-state index contributed by atoms with van der Waals surface area (Å²) in [6, 6.07) is 15.3. The lowest BCUT2D eigenvalue weighted by molar-refractivity contribution is -0.122. The van der Waals surface area contributed by atoms with Gasteiger partial charge in [-0.3, -0.25) is 9.69 Å². The number of aliphatic imine (C=N–C) groups is 1. The van der Waals surface area contributed by atoms with Crippen molar-refractivity contribution in [1.29, 1.82) is 0 Å². The highest BCUT2D eigenvalue weighted by molar-refractivity contribution is 8.18. The molecule has 0 aliphatic carbocycles. The first-order valence-corrected chi connectivity index (χ1v) is 8.81. The molecule has 0 bridgehead atoms. The molecule has 25 heavy (non-hydrogen) atoms. The molecular weight excluding hydrogens is 336 g/mol. The van der Waals surface area contributed by atoms with Gasteiger partial charge >= 0.3 is 0 Å². The van der Waals surface area contributed by atoms with Crippen LogP contribution in [-0.2, 0) is 4.79 Å². The third-order valence-electron chi connectivity index (χ3n) is 3.88. The van der Waals surface area contributed by atoms with Gasteiger partial charge < -0.3 is 9.47 Å². The lowest BCUT2D eigenvalue weighted by Gasteiger charge is -2.11. The van der Waals surface area contributed by atoms with Crippen molar-refractivity contribution < 1.29 is 14.3 Å². The van der Waals surface area contributed by atoms with Crippen molar-refractivity contribution in [3.05, 3.63) is 59.0 Å². The van der Waals surface area contributed by atoms with E-state index >= 15 is 0 Å². The maximum Gasteiger partial charge on any atom is 0.266 e. The van der Waals surface area contributed by atoms with E-state index in [2.05, 4.69) is 4.99 Å². The van der Waals surface area contributed by atoms with Gasteiger partial charge in [0, 0.05) is 6.54 Å². The number of hydrogen-bond donors (Lipinski definition) is 0. The number of fused-ring (bicyclic) bond motifs is 1. The molecule has 1 amide bonds. The van der Waals surface area contributed by atoms with E-state index in [1.54, 1.807) is 4.90 Å². The first kappa shape index (κ1) is 15.8. The van der Waals surface area contributed by atoms with E-state index < -0.39 is 0 Å². The van der Waals surface area contributed by atoms with Crippen LogP contribution in [0, 0.1) is 0 Å². The van der Waals surface area contributed by atoms with Crippen molar-refractivity contribution in [2.75, 3.05) is 13.3 Å². The molecule has 0 unspecified atom stereocenters. The molecule has 2 heterocycles. The zero-order chi connectivity index (χ0) is 17.2. The SMILES string of the molecule is CCN1C(=O)C(=Cc2ccc3c(c2)OCO3)SC1=Nc1ccccc1. The standard InChI is InChI=1S/C19H16N2O3S/c1-2-21-18(22)17(25-19(21)20-14-6-4-3-5-7-14)11-13-8-9-15-16(10-13)24-12-23-15/h3-11H,2,12H2,1H3. The molecule has 1 saturated heterocycles. The fourth-order valence-electron chi connectivity index (χ4n) is 2.64. The summed E-state index contributed by atoms with van der Waals surface area (Å²) in [5.74, 6) is 1.41. The second-order valence-electron chi connectivity index (χ2n) is 5.50. The van der Waals surface area contributed by atoms with Gasteiger partial charge in [0.2, 0.25) is 6.79 Å². The number of para-hydroxylation sites is 1. The Morgan fingerprint density at radius 2 is 1.96 bits per heavy atom. The van der Waals surface area contributed by atoms with Crippen molar-refractivity contribution in [1.82, 2.24) is 4.90 Å². The largest absolute Gasteiger partial charge is 0.454 e. The number of benzene rings is 2. The van der Waals surface area contributed by atoms with Gasteiger partial charge in [-0.2, -0.15) is 0 Å². The Morgan fingerprint density at radius 3 is 2.76 bits per heavy atom. The minimum Gasteiger partial charge on any atom is -0.454 e. The Kier molecular flexibility index (Phi) is 4.19. The van der Waals surface area contributed by atoms with Crippen LogP contribution in [-0.4, -0.2) is 29.3 Å². The molecule has 2 aliphatic rings.